The quantitative estimate of drug-likeness (QED) is 0.767. The second kappa shape index (κ2) is 6.56. The fourth-order valence-corrected chi connectivity index (χ4v) is 2.41. The topological polar surface area (TPSA) is 54.0 Å². The van der Waals surface area contributed by atoms with E-state index in [1.807, 2.05) is 0 Å². The van der Waals surface area contributed by atoms with Crippen LogP contribution in [-0.4, -0.2) is 17.9 Å². The molecule has 0 bridgehead atoms. The fraction of sp³-hybridized carbons (Fsp3) is 0.0769. The van der Waals surface area contributed by atoms with Crippen LogP contribution in [0.2, 0.25) is 5.02 Å². The van der Waals surface area contributed by atoms with E-state index in [0.29, 0.717) is 22.1 Å². The lowest BCUT2D eigenvalue weighted by atomic mass is 10.2. The van der Waals surface area contributed by atoms with Gasteiger partial charge in [0.2, 0.25) is 0 Å². The zero-order valence-electron chi connectivity index (χ0n) is 10.4. The number of pyridine rings is 1. The van der Waals surface area contributed by atoms with Crippen LogP contribution in [0.15, 0.2) is 39.4 Å². The average Bonchev–Trinajstić information content (AvgIpc) is 2.43. The third-order valence-corrected chi connectivity index (χ3v) is 4.16. The molecule has 1 heterocycles. The van der Waals surface area contributed by atoms with Crippen LogP contribution < -0.4 is 10.6 Å². The van der Waals surface area contributed by atoms with Gasteiger partial charge in [-0.15, -0.1) is 0 Å². The summed E-state index contributed by atoms with van der Waals surface area (Å²) in [6, 6.07) is 6.89. The lowest BCUT2D eigenvalue weighted by Gasteiger charge is -2.10. The molecule has 0 radical (unpaired) electrons. The highest BCUT2D eigenvalue weighted by atomic mass is 79.9. The summed E-state index contributed by atoms with van der Waals surface area (Å²) in [7, 11) is 1.71. The highest BCUT2D eigenvalue weighted by molar-refractivity contribution is 9.10. The summed E-state index contributed by atoms with van der Waals surface area (Å²) in [5.41, 5.74) is 1.10. The Bertz CT molecular complexity index is 664. The fourth-order valence-electron chi connectivity index (χ4n) is 1.58. The Balaban J connectivity index is 2.27. The van der Waals surface area contributed by atoms with E-state index in [1.165, 1.54) is 0 Å². The van der Waals surface area contributed by atoms with Crippen LogP contribution in [0.5, 0.6) is 0 Å². The van der Waals surface area contributed by atoms with Gasteiger partial charge in [-0.3, -0.25) is 4.79 Å². The van der Waals surface area contributed by atoms with E-state index in [0.717, 1.165) is 8.95 Å². The molecule has 0 aliphatic rings. The van der Waals surface area contributed by atoms with Crippen molar-refractivity contribution in [2.24, 2.45) is 0 Å². The monoisotopic (exact) mass is 417 g/mol. The van der Waals surface area contributed by atoms with Crippen LogP contribution in [0.1, 0.15) is 10.4 Å². The molecule has 104 valence electrons. The van der Waals surface area contributed by atoms with Gasteiger partial charge < -0.3 is 10.6 Å². The molecular formula is C13H10Br2ClN3O. The number of benzene rings is 1. The minimum atomic E-state index is -0.252. The lowest BCUT2D eigenvalue weighted by molar-refractivity contribution is 0.102. The average molecular weight is 420 g/mol. The van der Waals surface area contributed by atoms with Crippen molar-refractivity contribution in [1.29, 1.82) is 0 Å². The maximum atomic E-state index is 12.3. The second-order valence-electron chi connectivity index (χ2n) is 3.88. The molecule has 7 heteroatoms. The Hall–Kier alpha value is -1.11. The van der Waals surface area contributed by atoms with Gasteiger partial charge in [0.1, 0.15) is 5.82 Å². The van der Waals surface area contributed by atoms with Gasteiger partial charge >= 0.3 is 0 Å². The van der Waals surface area contributed by atoms with E-state index in [9.17, 15) is 4.79 Å². The number of amides is 1. The molecule has 0 unspecified atom stereocenters. The molecule has 1 amide bonds. The van der Waals surface area contributed by atoms with E-state index < -0.39 is 0 Å². The van der Waals surface area contributed by atoms with Gasteiger partial charge in [-0.2, -0.15) is 0 Å². The summed E-state index contributed by atoms with van der Waals surface area (Å²) in [4.78, 5) is 16.4. The number of aromatic nitrogens is 1. The van der Waals surface area contributed by atoms with E-state index >= 15 is 0 Å². The third-order valence-electron chi connectivity index (χ3n) is 2.51. The molecule has 20 heavy (non-hydrogen) atoms. The van der Waals surface area contributed by atoms with Crippen molar-refractivity contribution < 1.29 is 4.79 Å². The van der Waals surface area contributed by atoms with Crippen molar-refractivity contribution in [3.63, 3.8) is 0 Å². The summed E-state index contributed by atoms with van der Waals surface area (Å²) >= 11 is 12.5. The van der Waals surface area contributed by atoms with Crippen LogP contribution >= 0.6 is 43.5 Å². The minimum absolute atomic E-state index is 0.252. The van der Waals surface area contributed by atoms with Gasteiger partial charge in [0.15, 0.2) is 0 Å². The predicted molar refractivity (Wildman–Crippen MR) is 88.6 cm³/mol. The van der Waals surface area contributed by atoms with Gasteiger partial charge in [-0.1, -0.05) is 11.6 Å². The van der Waals surface area contributed by atoms with Crippen LogP contribution in [0.3, 0.4) is 0 Å². The maximum Gasteiger partial charge on any atom is 0.259 e. The molecule has 4 nitrogen and oxygen atoms in total. The molecule has 0 fully saturated rings. The van der Waals surface area contributed by atoms with Crippen molar-refractivity contribution in [1.82, 2.24) is 4.98 Å². The van der Waals surface area contributed by atoms with E-state index in [-0.39, 0.29) is 5.91 Å². The second-order valence-corrected chi connectivity index (χ2v) is 6.06. The SMILES string of the molecule is CNc1ncc(Br)cc1C(=O)Nc1ccc(Cl)c(Br)c1. The summed E-state index contributed by atoms with van der Waals surface area (Å²) < 4.78 is 1.46. The first-order valence-electron chi connectivity index (χ1n) is 5.61. The molecule has 2 N–H and O–H groups in total. The van der Waals surface area contributed by atoms with Gasteiger partial charge in [-0.25, -0.2) is 4.98 Å². The molecule has 0 aliphatic heterocycles. The van der Waals surface area contributed by atoms with Gasteiger partial charge in [0.05, 0.1) is 10.6 Å². The van der Waals surface area contributed by atoms with Crippen LogP contribution in [-0.2, 0) is 0 Å². The Labute approximate surface area is 138 Å². The molecular weight excluding hydrogens is 409 g/mol. The number of hydrogen-bond acceptors (Lipinski definition) is 3. The number of anilines is 2. The normalized spacial score (nSPS) is 10.2. The third kappa shape index (κ3) is 3.50. The summed E-state index contributed by atoms with van der Waals surface area (Å²) in [5, 5.41) is 6.27. The molecule has 0 spiro atoms. The molecule has 0 atom stereocenters. The number of carbonyl (C=O) groups is 1. The number of carbonyl (C=O) groups excluding carboxylic acids is 1. The van der Waals surface area contributed by atoms with Crippen molar-refractivity contribution in [3.8, 4) is 0 Å². The zero-order chi connectivity index (χ0) is 14.7. The van der Waals surface area contributed by atoms with Crippen molar-refractivity contribution in [2.75, 3.05) is 17.7 Å². The van der Waals surface area contributed by atoms with Crippen molar-refractivity contribution in [3.05, 3.63) is 50.0 Å². The highest BCUT2D eigenvalue weighted by Gasteiger charge is 2.13. The number of rotatable bonds is 3. The van der Waals surface area contributed by atoms with Crippen LogP contribution in [0.4, 0.5) is 11.5 Å². The van der Waals surface area contributed by atoms with E-state index in [4.69, 9.17) is 11.6 Å². The molecule has 0 saturated carbocycles. The van der Waals surface area contributed by atoms with Crippen LogP contribution in [0, 0.1) is 0 Å². The Morgan fingerprint density at radius 2 is 2.05 bits per heavy atom. The van der Waals surface area contributed by atoms with E-state index in [1.54, 1.807) is 37.5 Å². The number of nitrogens with zero attached hydrogens (tertiary/aromatic N) is 1. The lowest BCUT2D eigenvalue weighted by Crippen LogP contribution is -2.14. The molecule has 0 aliphatic carbocycles. The number of nitrogens with one attached hydrogen (secondary N) is 2. The Morgan fingerprint density at radius 1 is 1.30 bits per heavy atom. The minimum Gasteiger partial charge on any atom is -0.372 e. The molecule has 1 aromatic carbocycles. The molecule has 1 aromatic heterocycles. The first kappa shape index (κ1) is 15.3. The summed E-state index contributed by atoms with van der Waals surface area (Å²) in [6.45, 7) is 0. The Morgan fingerprint density at radius 3 is 2.70 bits per heavy atom. The Kier molecular flexibility index (Phi) is 5.01. The molecule has 2 rings (SSSR count). The smallest absolute Gasteiger partial charge is 0.259 e. The van der Waals surface area contributed by atoms with Gasteiger partial charge in [-0.05, 0) is 56.1 Å². The van der Waals surface area contributed by atoms with Crippen molar-refractivity contribution in [2.45, 2.75) is 0 Å². The summed E-state index contributed by atoms with van der Waals surface area (Å²) in [6.07, 6.45) is 1.63. The van der Waals surface area contributed by atoms with Gasteiger partial charge in [0, 0.05) is 27.9 Å². The number of halogens is 3. The summed E-state index contributed by atoms with van der Waals surface area (Å²) in [5.74, 6) is 0.260. The van der Waals surface area contributed by atoms with Gasteiger partial charge in [0.25, 0.3) is 5.91 Å². The first-order valence-corrected chi connectivity index (χ1v) is 7.57. The van der Waals surface area contributed by atoms with Crippen LogP contribution in [0.25, 0.3) is 0 Å². The highest BCUT2D eigenvalue weighted by Crippen LogP contribution is 2.26. The maximum absolute atomic E-state index is 12.3. The zero-order valence-corrected chi connectivity index (χ0v) is 14.3. The molecule has 2 aromatic rings. The first-order chi connectivity index (χ1) is 9.51. The van der Waals surface area contributed by atoms with E-state index in [2.05, 4.69) is 47.5 Å². The standard InChI is InChI=1S/C13H10Br2ClN3O/c1-17-12-9(4-7(14)6-18-12)13(20)19-8-2-3-11(16)10(15)5-8/h2-6H,1H3,(H,17,18)(H,19,20). The van der Waals surface area contributed by atoms with Crippen molar-refractivity contribution >= 4 is 60.9 Å². The molecule has 0 saturated heterocycles. The number of hydrogen-bond donors (Lipinski definition) is 2. The predicted octanol–water partition coefficient (Wildman–Crippen LogP) is 4.55. The largest absolute Gasteiger partial charge is 0.372 e.